The molecule has 0 amide bonds. The molecule has 4 fully saturated rings. The first-order valence-corrected chi connectivity index (χ1v) is 7.71. The van der Waals surface area contributed by atoms with Gasteiger partial charge in [0.25, 0.3) is 0 Å². The summed E-state index contributed by atoms with van der Waals surface area (Å²) in [5.41, 5.74) is 0.601. The summed E-state index contributed by atoms with van der Waals surface area (Å²) < 4.78 is 0. The molecule has 1 aliphatic carbocycles. The van der Waals surface area contributed by atoms with Crippen molar-refractivity contribution in [2.24, 2.45) is 11.3 Å². The van der Waals surface area contributed by atoms with Crippen LogP contribution in [0.25, 0.3) is 0 Å². The molecule has 2 bridgehead atoms. The number of fused-ring (bicyclic) bond motifs is 3. The minimum atomic E-state index is 0.601. The molecule has 2 nitrogen and oxygen atoms in total. The minimum Gasteiger partial charge on any atom is -0.312 e. The summed E-state index contributed by atoms with van der Waals surface area (Å²) in [6, 6.07) is 0.802. The van der Waals surface area contributed by atoms with Gasteiger partial charge in [0, 0.05) is 19.1 Å². The minimum absolute atomic E-state index is 0.601. The molecular weight excluding hydrogens is 208 g/mol. The lowest BCUT2D eigenvalue weighted by Gasteiger charge is -2.46. The maximum atomic E-state index is 3.92. The Hall–Kier alpha value is -0.0800. The van der Waals surface area contributed by atoms with Crippen molar-refractivity contribution in [3.63, 3.8) is 0 Å². The molecule has 4 rings (SSSR count). The first kappa shape index (κ1) is 12.0. The third-order valence-electron chi connectivity index (χ3n) is 5.51. The monoisotopic (exact) mass is 236 g/mol. The zero-order valence-corrected chi connectivity index (χ0v) is 11.4. The Balaban J connectivity index is 1.50. The van der Waals surface area contributed by atoms with Gasteiger partial charge < -0.3 is 10.2 Å². The third-order valence-corrected chi connectivity index (χ3v) is 5.51. The summed E-state index contributed by atoms with van der Waals surface area (Å²) >= 11 is 0. The van der Waals surface area contributed by atoms with Gasteiger partial charge in [-0.1, -0.05) is 26.2 Å². The molecule has 0 aromatic carbocycles. The topological polar surface area (TPSA) is 15.3 Å². The second-order valence-corrected chi connectivity index (χ2v) is 7.00. The van der Waals surface area contributed by atoms with E-state index in [0.717, 1.165) is 12.0 Å². The Morgan fingerprint density at radius 2 is 1.82 bits per heavy atom. The maximum absolute atomic E-state index is 3.92. The summed E-state index contributed by atoms with van der Waals surface area (Å²) in [5.74, 6) is 0.979. The van der Waals surface area contributed by atoms with Crippen molar-refractivity contribution in [3.05, 3.63) is 0 Å². The van der Waals surface area contributed by atoms with Gasteiger partial charge >= 0.3 is 0 Å². The lowest BCUT2D eigenvalue weighted by atomic mass is 9.75. The molecule has 0 radical (unpaired) electrons. The second kappa shape index (κ2) is 4.89. The van der Waals surface area contributed by atoms with Crippen LogP contribution in [0.1, 0.15) is 51.9 Å². The predicted octanol–water partition coefficient (Wildman–Crippen LogP) is 2.64. The van der Waals surface area contributed by atoms with Crippen LogP contribution >= 0.6 is 0 Å². The molecular formula is C15H28N2. The molecule has 3 aliphatic heterocycles. The number of hydrogen-bond acceptors (Lipinski definition) is 2. The molecule has 1 unspecified atom stereocenters. The zero-order chi connectivity index (χ0) is 11.7. The Morgan fingerprint density at radius 1 is 1.12 bits per heavy atom. The van der Waals surface area contributed by atoms with Crippen LogP contribution < -0.4 is 5.32 Å². The van der Waals surface area contributed by atoms with E-state index in [-0.39, 0.29) is 0 Å². The van der Waals surface area contributed by atoms with Crippen molar-refractivity contribution in [2.75, 3.05) is 26.2 Å². The van der Waals surface area contributed by atoms with Crippen LogP contribution in [0.3, 0.4) is 0 Å². The Labute approximate surface area is 106 Å². The van der Waals surface area contributed by atoms with Gasteiger partial charge in [0.05, 0.1) is 0 Å². The van der Waals surface area contributed by atoms with Gasteiger partial charge in [0.15, 0.2) is 0 Å². The maximum Gasteiger partial charge on any atom is 0.0224 e. The fourth-order valence-electron chi connectivity index (χ4n) is 4.16. The summed E-state index contributed by atoms with van der Waals surface area (Å²) in [4.78, 5) is 2.65. The average molecular weight is 236 g/mol. The third kappa shape index (κ3) is 2.68. The first-order valence-electron chi connectivity index (χ1n) is 7.71. The predicted molar refractivity (Wildman–Crippen MR) is 72.1 cm³/mol. The van der Waals surface area contributed by atoms with Gasteiger partial charge in [-0.2, -0.15) is 0 Å². The van der Waals surface area contributed by atoms with Gasteiger partial charge in [-0.15, -0.1) is 0 Å². The van der Waals surface area contributed by atoms with Crippen LogP contribution in [0.2, 0.25) is 0 Å². The number of rotatable bonds is 3. The highest BCUT2D eigenvalue weighted by atomic mass is 15.2. The molecule has 17 heavy (non-hydrogen) atoms. The van der Waals surface area contributed by atoms with E-state index in [2.05, 4.69) is 17.1 Å². The highest BCUT2D eigenvalue weighted by Gasteiger charge is 2.35. The largest absolute Gasteiger partial charge is 0.312 e. The van der Waals surface area contributed by atoms with Crippen LogP contribution in [-0.2, 0) is 0 Å². The molecule has 0 aromatic heterocycles. The number of hydrogen-bond donors (Lipinski definition) is 1. The summed E-state index contributed by atoms with van der Waals surface area (Å²) in [6.07, 6.45) is 10.1. The smallest absolute Gasteiger partial charge is 0.0224 e. The Kier molecular flexibility index (Phi) is 3.45. The van der Waals surface area contributed by atoms with E-state index in [1.165, 1.54) is 71.1 Å². The van der Waals surface area contributed by atoms with E-state index in [9.17, 15) is 0 Å². The van der Waals surface area contributed by atoms with E-state index in [1.807, 2.05) is 0 Å². The van der Waals surface area contributed by atoms with Gasteiger partial charge in [-0.05, 0) is 50.1 Å². The molecule has 4 aliphatic rings. The molecule has 1 N–H and O–H groups in total. The van der Waals surface area contributed by atoms with Crippen LogP contribution in [0.5, 0.6) is 0 Å². The summed E-state index contributed by atoms with van der Waals surface area (Å²) in [7, 11) is 0. The normalized spacial score (nSPS) is 40.4. The highest BCUT2D eigenvalue weighted by Crippen LogP contribution is 2.36. The van der Waals surface area contributed by atoms with Crippen molar-refractivity contribution < 1.29 is 0 Å². The van der Waals surface area contributed by atoms with Crippen molar-refractivity contribution in [1.29, 1.82) is 0 Å². The molecule has 0 spiro atoms. The molecule has 1 atom stereocenters. The van der Waals surface area contributed by atoms with E-state index in [4.69, 9.17) is 0 Å². The van der Waals surface area contributed by atoms with Crippen molar-refractivity contribution in [1.82, 2.24) is 10.2 Å². The van der Waals surface area contributed by atoms with E-state index in [1.54, 1.807) is 0 Å². The van der Waals surface area contributed by atoms with Gasteiger partial charge in [-0.3, -0.25) is 0 Å². The lowest BCUT2D eigenvalue weighted by molar-refractivity contribution is 0.0633. The fourth-order valence-corrected chi connectivity index (χ4v) is 4.16. The number of piperidine rings is 3. The summed E-state index contributed by atoms with van der Waals surface area (Å²) in [6.45, 7) is 7.81. The van der Waals surface area contributed by atoms with Gasteiger partial charge in [0.2, 0.25) is 0 Å². The first-order chi connectivity index (χ1) is 8.25. The molecule has 3 heterocycles. The van der Waals surface area contributed by atoms with E-state index in [0.29, 0.717) is 5.41 Å². The molecule has 98 valence electrons. The number of nitrogens with one attached hydrogen (secondary N) is 1. The second-order valence-electron chi connectivity index (χ2n) is 7.00. The van der Waals surface area contributed by atoms with Gasteiger partial charge in [0.1, 0.15) is 0 Å². The fraction of sp³-hybridized carbons (Fsp3) is 1.00. The van der Waals surface area contributed by atoms with Crippen molar-refractivity contribution in [2.45, 2.75) is 57.9 Å². The van der Waals surface area contributed by atoms with Crippen LogP contribution in [-0.4, -0.2) is 37.1 Å². The van der Waals surface area contributed by atoms with Crippen LogP contribution in [0.4, 0.5) is 0 Å². The van der Waals surface area contributed by atoms with Gasteiger partial charge in [-0.25, -0.2) is 0 Å². The van der Waals surface area contributed by atoms with Crippen LogP contribution in [0, 0.1) is 11.3 Å². The highest BCUT2D eigenvalue weighted by molar-refractivity contribution is 4.92. The average Bonchev–Trinajstić information content (AvgIpc) is 2.39. The molecule has 0 aromatic rings. The molecule has 1 saturated carbocycles. The van der Waals surface area contributed by atoms with E-state index < -0.39 is 0 Å². The molecule has 2 heteroatoms. The van der Waals surface area contributed by atoms with Crippen molar-refractivity contribution >= 4 is 0 Å². The SMILES string of the molecule is CC1(CNC2CN3CCC2CC3)CCCCC1. The van der Waals surface area contributed by atoms with E-state index >= 15 is 0 Å². The zero-order valence-electron chi connectivity index (χ0n) is 11.4. The quantitative estimate of drug-likeness (QED) is 0.810. The Bertz CT molecular complexity index is 250. The Morgan fingerprint density at radius 3 is 2.41 bits per heavy atom. The van der Waals surface area contributed by atoms with Crippen molar-refractivity contribution in [3.8, 4) is 0 Å². The lowest BCUT2D eigenvalue weighted by Crippen LogP contribution is -2.57. The molecule has 3 saturated heterocycles. The summed E-state index contributed by atoms with van der Waals surface area (Å²) in [5, 5.41) is 3.92. The number of nitrogens with zero attached hydrogens (tertiary/aromatic N) is 1. The van der Waals surface area contributed by atoms with Crippen LogP contribution in [0.15, 0.2) is 0 Å². The standard InChI is InChI=1S/C15H28N2/c1-15(7-3-2-4-8-15)12-16-14-11-17-9-5-13(14)6-10-17/h13-14,16H,2-12H2,1H3.